The maximum absolute atomic E-state index is 13.1. The number of hydrogen-bond acceptors (Lipinski definition) is 5. The van der Waals surface area contributed by atoms with E-state index in [4.69, 9.17) is 9.84 Å². The lowest BCUT2D eigenvalue weighted by molar-refractivity contribution is -0.170. The van der Waals surface area contributed by atoms with Gasteiger partial charge in [0.2, 0.25) is 0 Å². The van der Waals surface area contributed by atoms with Gasteiger partial charge in [-0.05, 0) is 44.7 Å². The summed E-state index contributed by atoms with van der Waals surface area (Å²) < 4.78 is 36.1. The molecule has 26 heavy (non-hydrogen) atoms. The minimum Gasteiger partial charge on any atom is -0.477 e. The molecule has 0 atom stereocenters. The van der Waals surface area contributed by atoms with Gasteiger partial charge in [-0.15, -0.1) is 0 Å². The first-order valence-electron chi connectivity index (χ1n) is 8.25. The van der Waals surface area contributed by atoms with Gasteiger partial charge < -0.3 is 14.6 Å². The highest BCUT2D eigenvalue weighted by Gasteiger charge is 2.41. The molecular weight excluding hydrogens is 350 g/mol. The summed E-state index contributed by atoms with van der Waals surface area (Å²) in [6, 6.07) is 5.51. The van der Waals surface area contributed by atoms with Gasteiger partial charge in [-0.1, -0.05) is 18.6 Å². The molecule has 6 nitrogen and oxygen atoms in total. The number of carboxylic acids is 1. The van der Waals surface area contributed by atoms with E-state index in [2.05, 4.69) is 4.74 Å². The fraction of sp³-hybridized carbons (Fsp3) is 0.500. The van der Waals surface area contributed by atoms with E-state index in [-0.39, 0.29) is 11.1 Å². The van der Waals surface area contributed by atoms with E-state index in [0.717, 1.165) is 19.3 Å². The summed E-state index contributed by atoms with van der Waals surface area (Å²) in [7, 11) is 0. The third-order valence-electron chi connectivity index (χ3n) is 4.31. The van der Waals surface area contributed by atoms with Crippen LogP contribution in [0.15, 0.2) is 24.3 Å². The predicted octanol–water partition coefficient (Wildman–Crippen LogP) is 3.44. The molecule has 0 unspecified atom stereocenters. The number of carbonyl (C=O) groups is 3. The minimum absolute atomic E-state index is 0.108. The molecule has 0 aliphatic heterocycles. The summed E-state index contributed by atoms with van der Waals surface area (Å²) in [5, 5.41) is 8.36. The Balaban J connectivity index is 2.12. The van der Waals surface area contributed by atoms with Gasteiger partial charge in [0.1, 0.15) is 5.60 Å². The second kappa shape index (κ2) is 7.80. The molecule has 0 radical (unpaired) electrons. The number of alkyl halides is 2. The first kappa shape index (κ1) is 19.8. The van der Waals surface area contributed by atoms with Crippen molar-refractivity contribution < 1.29 is 37.7 Å². The summed E-state index contributed by atoms with van der Waals surface area (Å²) in [5.74, 6) is -8.57. The normalized spacial score (nSPS) is 16.6. The van der Waals surface area contributed by atoms with E-state index < -0.39 is 36.0 Å². The Morgan fingerprint density at radius 3 is 2.15 bits per heavy atom. The van der Waals surface area contributed by atoms with E-state index >= 15 is 0 Å². The number of rotatable bonds is 6. The maximum atomic E-state index is 13.1. The maximum Gasteiger partial charge on any atom is 0.378 e. The average Bonchev–Trinajstić information content (AvgIpc) is 2.59. The number of ether oxygens (including phenoxy) is 2. The largest absolute Gasteiger partial charge is 0.477 e. The molecule has 1 fully saturated rings. The van der Waals surface area contributed by atoms with Gasteiger partial charge in [0.15, 0.2) is 6.61 Å². The molecule has 142 valence electrons. The molecule has 0 saturated heterocycles. The van der Waals surface area contributed by atoms with Crippen molar-refractivity contribution >= 4 is 17.9 Å². The van der Waals surface area contributed by atoms with Crippen molar-refractivity contribution in [3.8, 4) is 0 Å². The number of benzene rings is 1. The molecule has 8 heteroatoms. The van der Waals surface area contributed by atoms with Crippen molar-refractivity contribution in [2.45, 2.75) is 50.6 Å². The number of carbonyl (C=O) groups excluding carboxylic acids is 2. The minimum atomic E-state index is -4.21. The van der Waals surface area contributed by atoms with Crippen LogP contribution in [0.1, 0.15) is 59.7 Å². The smallest absolute Gasteiger partial charge is 0.378 e. The number of halogens is 2. The predicted molar refractivity (Wildman–Crippen MR) is 86.2 cm³/mol. The molecule has 1 saturated carbocycles. The standard InChI is InChI=1S/C18H20F2O6/c1-17(9-5-2-6-10-17)26-15(22)13-8-4-3-7-12(13)14(21)25-11-18(19,20)16(23)24/h3-4,7-8H,2,5-6,9-11H2,1H3,(H,23,24). The molecule has 0 bridgehead atoms. The first-order chi connectivity index (χ1) is 12.1. The van der Waals surface area contributed by atoms with Crippen molar-refractivity contribution in [3.05, 3.63) is 35.4 Å². The molecule has 0 aromatic heterocycles. The molecular formula is C18H20F2O6. The highest BCUT2D eigenvalue weighted by atomic mass is 19.3. The molecule has 1 aliphatic rings. The van der Waals surface area contributed by atoms with Crippen LogP contribution in [-0.2, 0) is 14.3 Å². The van der Waals surface area contributed by atoms with Gasteiger partial charge >= 0.3 is 23.8 Å². The quantitative estimate of drug-likeness (QED) is 0.772. The summed E-state index contributed by atoms with van der Waals surface area (Å²) in [6.07, 6.45) is 4.33. The molecule has 2 rings (SSSR count). The van der Waals surface area contributed by atoms with Crippen LogP contribution in [0.3, 0.4) is 0 Å². The zero-order valence-electron chi connectivity index (χ0n) is 14.3. The Labute approximate surface area is 149 Å². The van der Waals surface area contributed by atoms with Crippen molar-refractivity contribution in [2.75, 3.05) is 6.61 Å². The molecule has 0 heterocycles. The third kappa shape index (κ3) is 4.77. The Bertz CT molecular complexity index is 695. The van der Waals surface area contributed by atoms with E-state index in [0.29, 0.717) is 12.8 Å². The molecule has 1 aliphatic carbocycles. The van der Waals surface area contributed by atoms with Crippen molar-refractivity contribution in [2.24, 2.45) is 0 Å². The van der Waals surface area contributed by atoms with Crippen LogP contribution >= 0.6 is 0 Å². The summed E-state index contributed by atoms with van der Waals surface area (Å²) >= 11 is 0. The Hall–Kier alpha value is -2.51. The van der Waals surface area contributed by atoms with E-state index in [9.17, 15) is 23.2 Å². The van der Waals surface area contributed by atoms with Crippen molar-refractivity contribution in [1.29, 1.82) is 0 Å². The second-order valence-electron chi connectivity index (χ2n) is 6.53. The number of aliphatic carboxylic acids is 1. The SMILES string of the molecule is CC1(OC(=O)c2ccccc2C(=O)OCC(F)(F)C(=O)O)CCCCC1. The molecule has 1 N–H and O–H groups in total. The second-order valence-corrected chi connectivity index (χ2v) is 6.53. The number of hydrogen-bond donors (Lipinski definition) is 1. The molecule has 0 amide bonds. The number of carboxylic acid groups (broad SMARTS) is 1. The van der Waals surface area contributed by atoms with Crippen molar-refractivity contribution in [1.82, 2.24) is 0 Å². The van der Waals surface area contributed by atoms with Crippen LogP contribution in [0, 0.1) is 0 Å². The molecule has 1 aromatic rings. The van der Waals surface area contributed by atoms with Crippen LogP contribution in [0.4, 0.5) is 8.78 Å². The third-order valence-corrected chi connectivity index (χ3v) is 4.31. The number of esters is 2. The van der Waals surface area contributed by atoms with Gasteiger partial charge in [-0.25, -0.2) is 14.4 Å². The molecule has 0 spiro atoms. The lowest BCUT2D eigenvalue weighted by Gasteiger charge is -2.33. The Morgan fingerprint density at radius 2 is 1.62 bits per heavy atom. The lowest BCUT2D eigenvalue weighted by atomic mass is 9.86. The van der Waals surface area contributed by atoms with Crippen LogP contribution in [0.5, 0.6) is 0 Å². The van der Waals surface area contributed by atoms with Gasteiger partial charge in [0, 0.05) is 0 Å². The molecule has 1 aromatic carbocycles. The van der Waals surface area contributed by atoms with Crippen molar-refractivity contribution in [3.63, 3.8) is 0 Å². The monoisotopic (exact) mass is 370 g/mol. The van der Waals surface area contributed by atoms with Gasteiger partial charge in [-0.3, -0.25) is 0 Å². The van der Waals surface area contributed by atoms with Crippen LogP contribution in [-0.4, -0.2) is 41.1 Å². The van der Waals surface area contributed by atoms with Crippen LogP contribution in [0.2, 0.25) is 0 Å². The summed E-state index contributed by atoms with van der Waals surface area (Å²) in [4.78, 5) is 34.9. The van der Waals surface area contributed by atoms with E-state index in [1.54, 1.807) is 0 Å². The topological polar surface area (TPSA) is 89.9 Å². The highest BCUT2D eigenvalue weighted by molar-refractivity contribution is 6.03. The van der Waals surface area contributed by atoms with Gasteiger partial charge in [0.25, 0.3) is 0 Å². The van der Waals surface area contributed by atoms with Gasteiger partial charge in [0.05, 0.1) is 11.1 Å². The Morgan fingerprint density at radius 1 is 1.08 bits per heavy atom. The Kier molecular flexibility index (Phi) is 5.94. The van der Waals surface area contributed by atoms with Gasteiger partial charge in [-0.2, -0.15) is 8.78 Å². The van der Waals surface area contributed by atoms with Crippen LogP contribution < -0.4 is 0 Å². The fourth-order valence-corrected chi connectivity index (χ4v) is 2.82. The zero-order valence-corrected chi connectivity index (χ0v) is 14.3. The average molecular weight is 370 g/mol. The van der Waals surface area contributed by atoms with E-state index in [1.165, 1.54) is 24.3 Å². The lowest BCUT2D eigenvalue weighted by Crippen LogP contribution is -2.35. The summed E-state index contributed by atoms with van der Waals surface area (Å²) in [6.45, 7) is 0.195. The fourth-order valence-electron chi connectivity index (χ4n) is 2.82. The first-order valence-corrected chi connectivity index (χ1v) is 8.25. The zero-order chi connectivity index (χ0) is 19.4. The van der Waals surface area contributed by atoms with E-state index in [1.807, 2.05) is 6.92 Å². The van der Waals surface area contributed by atoms with Crippen LogP contribution in [0.25, 0.3) is 0 Å². The highest BCUT2D eigenvalue weighted by Crippen LogP contribution is 2.32. The summed E-state index contributed by atoms with van der Waals surface area (Å²) in [5.41, 5.74) is -0.996.